The Labute approximate surface area is 124 Å². The number of hydrogen-bond donors (Lipinski definition) is 2. The molecule has 1 aromatic carbocycles. The van der Waals surface area contributed by atoms with Gasteiger partial charge < -0.3 is 19.9 Å². The molecule has 0 bridgehead atoms. The highest BCUT2D eigenvalue weighted by atomic mass is 16.5. The molecule has 0 saturated heterocycles. The molecule has 0 aliphatic rings. The molecule has 0 fully saturated rings. The molecule has 0 aliphatic heterocycles. The standard InChI is InChI=1S/C15H21NO5/c1-5-9(2)13(15(18)19)16-14(17)12-10(20-3)7-6-8-11(12)21-4/h6-9,13H,5H2,1-4H3,(H,16,17)(H,18,19)/t9?,13-/m0/s1. The van der Waals surface area contributed by atoms with Crippen LogP contribution in [0, 0.1) is 5.92 Å². The molecule has 2 N–H and O–H groups in total. The van der Waals surface area contributed by atoms with Crippen molar-refractivity contribution in [1.82, 2.24) is 5.32 Å². The zero-order chi connectivity index (χ0) is 16.0. The molecule has 0 aromatic heterocycles. The fraction of sp³-hybridized carbons (Fsp3) is 0.467. The Bertz CT molecular complexity index is 493. The van der Waals surface area contributed by atoms with Crippen molar-refractivity contribution in [2.24, 2.45) is 5.92 Å². The second-order valence-electron chi connectivity index (χ2n) is 4.71. The van der Waals surface area contributed by atoms with Crippen molar-refractivity contribution in [2.45, 2.75) is 26.3 Å². The summed E-state index contributed by atoms with van der Waals surface area (Å²) in [5.74, 6) is -1.11. The summed E-state index contributed by atoms with van der Waals surface area (Å²) in [6.07, 6.45) is 0.639. The number of amides is 1. The van der Waals surface area contributed by atoms with Crippen LogP contribution in [0.4, 0.5) is 0 Å². The topological polar surface area (TPSA) is 84.9 Å². The minimum atomic E-state index is -1.06. The first-order valence-electron chi connectivity index (χ1n) is 6.70. The van der Waals surface area contributed by atoms with Gasteiger partial charge in [-0.25, -0.2) is 4.79 Å². The lowest BCUT2D eigenvalue weighted by Crippen LogP contribution is -2.45. The van der Waals surface area contributed by atoms with Gasteiger partial charge in [-0.05, 0) is 18.1 Å². The van der Waals surface area contributed by atoms with Gasteiger partial charge in [-0.2, -0.15) is 0 Å². The zero-order valence-electron chi connectivity index (χ0n) is 12.7. The predicted molar refractivity (Wildman–Crippen MR) is 77.9 cm³/mol. The number of aliphatic carboxylic acids is 1. The second kappa shape index (κ2) is 7.52. The summed E-state index contributed by atoms with van der Waals surface area (Å²) in [6.45, 7) is 3.65. The van der Waals surface area contributed by atoms with E-state index in [1.54, 1.807) is 25.1 Å². The quantitative estimate of drug-likeness (QED) is 0.803. The van der Waals surface area contributed by atoms with Gasteiger partial charge in [0, 0.05) is 0 Å². The van der Waals surface area contributed by atoms with Crippen molar-refractivity contribution < 1.29 is 24.2 Å². The van der Waals surface area contributed by atoms with Crippen molar-refractivity contribution in [3.8, 4) is 11.5 Å². The van der Waals surface area contributed by atoms with Gasteiger partial charge in [0.25, 0.3) is 5.91 Å². The maximum atomic E-state index is 12.4. The molecular formula is C15H21NO5. The number of methoxy groups -OCH3 is 2. The minimum Gasteiger partial charge on any atom is -0.496 e. The monoisotopic (exact) mass is 295 g/mol. The average Bonchev–Trinajstić information content (AvgIpc) is 2.50. The van der Waals surface area contributed by atoms with Gasteiger partial charge in [0.05, 0.1) is 14.2 Å². The molecule has 1 rings (SSSR count). The van der Waals surface area contributed by atoms with E-state index in [0.29, 0.717) is 17.9 Å². The Hall–Kier alpha value is -2.24. The Kier molecular flexibility index (Phi) is 6.02. The Morgan fingerprint density at radius 3 is 2.14 bits per heavy atom. The predicted octanol–water partition coefficient (Wildman–Crippen LogP) is 1.93. The van der Waals surface area contributed by atoms with Gasteiger partial charge in [0.2, 0.25) is 0 Å². The highest BCUT2D eigenvalue weighted by Gasteiger charge is 2.28. The third-order valence-electron chi connectivity index (χ3n) is 3.42. The van der Waals surface area contributed by atoms with E-state index in [-0.39, 0.29) is 11.5 Å². The van der Waals surface area contributed by atoms with E-state index in [9.17, 15) is 14.7 Å². The number of carbonyl (C=O) groups is 2. The average molecular weight is 295 g/mol. The summed E-state index contributed by atoms with van der Waals surface area (Å²) in [7, 11) is 2.88. The second-order valence-corrected chi connectivity index (χ2v) is 4.71. The number of nitrogens with one attached hydrogen (secondary N) is 1. The third kappa shape index (κ3) is 3.87. The van der Waals surface area contributed by atoms with Crippen LogP contribution in [-0.4, -0.2) is 37.2 Å². The lowest BCUT2D eigenvalue weighted by Gasteiger charge is -2.21. The largest absolute Gasteiger partial charge is 0.496 e. The van der Waals surface area contributed by atoms with Gasteiger partial charge in [0.15, 0.2) is 0 Å². The summed E-state index contributed by atoms with van der Waals surface area (Å²) < 4.78 is 10.3. The van der Waals surface area contributed by atoms with E-state index >= 15 is 0 Å². The van der Waals surface area contributed by atoms with Crippen LogP contribution in [0.5, 0.6) is 11.5 Å². The zero-order valence-corrected chi connectivity index (χ0v) is 12.7. The van der Waals surface area contributed by atoms with Crippen LogP contribution in [0.15, 0.2) is 18.2 Å². The summed E-state index contributed by atoms with van der Waals surface area (Å²) in [4.78, 5) is 23.7. The summed E-state index contributed by atoms with van der Waals surface area (Å²) >= 11 is 0. The summed E-state index contributed by atoms with van der Waals surface area (Å²) in [5, 5.41) is 11.8. The highest BCUT2D eigenvalue weighted by molar-refractivity contribution is 6.01. The van der Waals surface area contributed by atoms with Crippen LogP contribution in [-0.2, 0) is 4.79 Å². The molecule has 1 amide bonds. The maximum Gasteiger partial charge on any atom is 0.326 e. The van der Waals surface area contributed by atoms with E-state index in [1.165, 1.54) is 14.2 Å². The number of carboxylic acids is 1. The fourth-order valence-electron chi connectivity index (χ4n) is 1.97. The van der Waals surface area contributed by atoms with Crippen LogP contribution < -0.4 is 14.8 Å². The van der Waals surface area contributed by atoms with Crippen molar-refractivity contribution in [3.63, 3.8) is 0 Å². The smallest absolute Gasteiger partial charge is 0.326 e. The first kappa shape index (κ1) is 16.8. The van der Waals surface area contributed by atoms with Crippen molar-refractivity contribution >= 4 is 11.9 Å². The summed E-state index contributed by atoms with van der Waals surface area (Å²) in [5.41, 5.74) is 0.192. The van der Waals surface area contributed by atoms with E-state index in [1.807, 2.05) is 6.92 Å². The maximum absolute atomic E-state index is 12.4. The number of carbonyl (C=O) groups excluding carboxylic acids is 1. The van der Waals surface area contributed by atoms with E-state index in [2.05, 4.69) is 5.32 Å². The molecule has 0 aliphatic carbocycles. The number of hydrogen-bond acceptors (Lipinski definition) is 4. The number of carboxylic acid groups (broad SMARTS) is 1. The van der Waals surface area contributed by atoms with Crippen LogP contribution in [0.25, 0.3) is 0 Å². The van der Waals surface area contributed by atoms with Gasteiger partial charge in [-0.1, -0.05) is 26.3 Å². The molecular weight excluding hydrogens is 274 g/mol. The lowest BCUT2D eigenvalue weighted by molar-refractivity contribution is -0.140. The molecule has 0 spiro atoms. The first-order valence-corrected chi connectivity index (χ1v) is 6.70. The number of benzene rings is 1. The first-order chi connectivity index (χ1) is 9.96. The van der Waals surface area contributed by atoms with Gasteiger partial charge in [0.1, 0.15) is 23.1 Å². The number of rotatable bonds is 7. The molecule has 116 valence electrons. The molecule has 0 saturated carbocycles. The molecule has 1 aromatic rings. The van der Waals surface area contributed by atoms with Crippen LogP contribution in [0.3, 0.4) is 0 Å². The van der Waals surface area contributed by atoms with Gasteiger partial charge >= 0.3 is 5.97 Å². The Balaban J connectivity index is 3.10. The molecule has 1 unspecified atom stereocenters. The summed E-state index contributed by atoms with van der Waals surface area (Å²) in [6, 6.07) is 3.97. The van der Waals surface area contributed by atoms with E-state index < -0.39 is 17.9 Å². The molecule has 2 atom stereocenters. The van der Waals surface area contributed by atoms with Crippen molar-refractivity contribution in [3.05, 3.63) is 23.8 Å². The van der Waals surface area contributed by atoms with Crippen LogP contribution in [0.2, 0.25) is 0 Å². The normalized spacial score (nSPS) is 13.1. The molecule has 0 heterocycles. The SMILES string of the molecule is CCC(C)[C@H](NC(=O)c1c(OC)cccc1OC)C(=O)O. The van der Waals surface area contributed by atoms with E-state index in [0.717, 1.165) is 0 Å². The van der Waals surface area contributed by atoms with Crippen molar-refractivity contribution in [2.75, 3.05) is 14.2 Å². The Morgan fingerprint density at radius 2 is 1.76 bits per heavy atom. The highest BCUT2D eigenvalue weighted by Crippen LogP contribution is 2.28. The fourth-order valence-corrected chi connectivity index (χ4v) is 1.97. The van der Waals surface area contributed by atoms with Crippen molar-refractivity contribution in [1.29, 1.82) is 0 Å². The molecule has 6 nitrogen and oxygen atoms in total. The van der Waals surface area contributed by atoms with Gasteiger partial charge in [-0.3, -0.25) is 4.79 Å². The van der Waals surface area contributed by atoms with Crippen LogP contribution in [0.1, 0.15) is 30.6 Å². The van der Waals surface area contributed by atoms with Crippen LogP contribution >= 0.6 is 0 Å². The van der Waals surface area contributed by atoms with Gasteiger partial charge in [-0.15, -0.1) is 0 Å². The third-order valence-corrected chi connectivity index (χ3v) is 3.42. The lowest BCUT2D eigenvalue weighted by atomic mass is 9.98. The van der Waals surface area contributed by atoms with E-state index in [4.69, 9.17) is 9.47 Å². The molecule has 6 heteroatoms. The minimum absolute atomic E-state index is 0.188. The molecule has 0 radical (unpaired) electrons. The Morgan fingerprint density at radius 1 is 1.24 bits per heavy atom. The number of ether oxygens (including phenoxy) is 2. The molecule has 21 heavy (non-hydrogen) atoms.